The summed E-state index contributed by atoms with van der Waals surface area (Å²) in [6.45, 7) is -0.354. The summed E-state index contributed by atoms with van der Waals surface area (Å²) < 4.78 is 6.31. The zero-order valence-electron chi connectivity index (χ0n) is 15.3. The number of carbonyl (C=O) groups is 2. The van der Waals surface area contributed by atoms with Crippen molar-refractivity contribution in [2.45, 2.75) is 6.54 Å². The van der Waals surface area contributed by atoms with E-state index in [4.69, 9.17) is 4.74 Å². The van der Waals surface area contributed by atoms with Gasteiger partial charge in [0.1, 0.15) is 12.3 Å². The number of amides is 1. The van der Waals surface area contributed by atoms with Gasteiger partial charge in [-0.15, -0.1) is 0 Å². The van der Waals surface area contributed by atoms with E-state index in [1.807, 2.05) is 30.3 Å². The topological polar surface area (TPSA) is 90.3 Å². The molecule has 1 N–H and O–H groups in total. The van der Waals surface area contributed by atoms with Gasteiger partial charge in [0.25, 0.3) is 5.56 Å². The molecule has 0 saturated carbocycles. The van der Waals surface area contributed by atoms with Crippen LogP contribution in [0, 0.1) is 0 Å². The van der Waals surface area contributed by atoms with Crippen LogP contribution in [0.5, 0.6) is 5.75 Å². The number of nitrogens with one attached hydrogen (secondary N) is 1. The van der Waals surface area contributed by atoms with Crippen LogP contribution in [0.15, 0.2) is 71.8 Å². The molecule has 0 aliphatic rings. The van der Waals surface area contributed by atoms with Gasteiger partial charge in [0.2, 0.25) is 5.91 Å². The third-order valence-corrected chi connectivity index (χ3v) is 4.12. The quantitative estimate of drug-likeness (QED) is 0.636. The Balaban J connectivity index is 1.63. The lowest BCUT2D eigenvalue weighted by atomic mass is 10.1. The molecule has 0 spiro atoms. The molecule has 0 aliphatic carbocycles. The summed E-state index contributed by atoms with van der Waals surface area (Å²) in [6, 6.07) is 16.0. The van der Waals surface area contributed by atoms with Crippen LogP contribution in [0.1, 0.15) is 10.4 Å². The first-order chi connectivity index (χ1) is 13.6. The van der Waals surface area contributed by atoms with Crippen LogP contribution in [0.3, 0.4) is 0 Å². The van der Waals surface area contributed by atoms with Crippen LogP contribution in [-0.2, 0) is 11.3 Å². The number of carbonyl (C=O) groups excluding carboxylic acids is 2. The minimum absolute atomic E-state index is 0.156. The van der Waals surface area contributed by atoms with Gasteiger partial charge in [0.15, 0.2) is 5.78 Å². The summed E-state index contributed by atoms with van der Waals surface area (Å²) in [4.78, 5) is 40.5. The molecule has 0 fully saturated rings. The number of ether oxygens (including phenoxy) is 1. The molecule has 0 aliphatic heterocycles. The van der Waals surface area contributed by atoms with Crippen LogP contribution in [0.2, 0.25) is 0 Å². The zero-order chi connectivity index (χ0) is 19.9. The van der Waals surface area contributed by atoms with E-state index in [0.29, 0.717) is 17.0 Å². The van der Waals surface area contributed by atoms with Crippen molar-refractivity contribution >= 4 is 11.7 Å². The smallest absolute Gasteiger partial charge is 0.269 e. The van der Waals surface area contributed by atoms with Crippen molar-refractivity contribution in [3.8, 4) is 17.0 Å². The van der Waals surface area contributed by atoms with E-state index in [9.17, 15) is 14.4 Å². The van der Waals surface area contributed by atoms with Crippen molar-refractivity contribution in [2.75, 3.05) is 13.7 Å². The standard InChI is InChI=1S/C21H19N3O4/c1-28-17-9-7-16(8-10-17)19(25)11-23-20(26)14-24-13-18(22-12-21(24)27)15-5-3-2-4-6-15/h2-10,12-13H,11,14H2,1H3,(H,23,26). The Labute approximate surface area is 161 Å². The summed E-state index contributed by atoms with van der Waals surface area (Å²) >= 11 is 0. The molecule has 1 heterocycles. The largest absolute Gasteiger partial charge is 0.497 e. The number of Topliss-reactive ketones (excluding diaryl/α,β-unsaturated/α-hetero) is 1. The Morgan fingerprint density at radius 1 is 1.07 bits per heavy atom. The van der Waals surface area contributed by atoms with Gasteiger partial charge in [-0.3, -0.25) is 14.4 Å². The first-order valence-electron chi connectivity index (χ1n) is 8.62. The molecule has 7 nitrogen and oxygen atoms in total. The monoisotopic (exact) mass is 377 g/mol. The van der Waals surface area contributed by atoms with Crippen molar-refractivity contribution in [3.05, 3.63) is 82.9 Å². The maximum absolute atomic E-state index is 12.2. The zero-order valence-corrected chi connectivity index (χ0v) is 15.3. The van der Waals surface area contributed by atoms with Crippen LogP contribution in [0.25, 0.3) is 11.3 Å². The number of rotatable bonds is 7. The highest BCUT2D eigenvalue weighted by Gasteiger charge is 2.11. The molecule has 3 rings (SSSR count). The first kappa shape index (κ1) is 19.0. The Morgan fingerprint density at radius 3 is 2.46 bits per heavy atom. The summed E-state index contributed by atoms with van der Waals surface area (Å²) in [7, 11) is 1.54. The van der Waals surface area contributed by atoms with E-state index in [-0.39, 0.29) is 18.9 Å². The number of nitrogens with zero attached hydrogens (tertiary/aromatic N) is 2. The fourth-order valence-electron chi connectivity index (χ4n) is 2.59. The van der Waals surface area contributed by atoms with E-state index in [0.717, 1.165) is 5.56 Å². The van der Waals surface area contributed by atoms with Gasteiger partial charge >= 0.3 is 0 Å². The van der Waals surface area contributed by atoms with Crippen LogP contribution in [0.4, 0.5) is 0 Å². The summed E-state index contributed by atoms with van der Waals surface area (Å²) in [6.07, 6.45) is 2.71. The predicted octanol–water partition coefficient (Wildman–Crippen LogP) is 1.92. The van der Waals surface area contributed by atoms with E-state index in [2.05, 4.69) is 10.3 Å². The summed E-state index contributed by atoms with van der Waals surface area (Å²) in [5.41, 5.74) is 1.50. The number of aromatic nitrogens is 2. The van der Waals surface area contributed by atoms with Gasteiger partial charge < -0.3 is 14.6 Å². The van der Waals surface area contributed by atoms with Gasteiger partial charge in [-0.05, 0) is 24.3 Å². The minimum atomic E-state index is -0.436. The van der Waals surface area contributed by atoms with Crippen LogP contribution >= 0.6 is 0 Å². The lowest BCUT2D eigenvalue weighted by Crippen LogP contribution is -2.35. The van der Waals surface area contributed by atoms with Gasteiger partial charge in [0, 0.05) is 17.3 Å². The molecular weight excluding hydrogens is 358 g/mol. The highest BCUT2D eigenvalue weighted by molar-refractivity contribution is 5.99. The summed E-state index contributed by atoms with van der Waals surface area (Å²) in [5.74, 6) is -0.0240. The molecule has 2 aromatic carbocycles. The lowest BCUT2D eigenvalue weighted by molar-refractivity contribution is -0.121. The number of methoxy groups -OCH3 is 1. The number of benzene rings is 2. The molecule has 0 atom stereocenters. The van der Waals surface area contributed by atoms with Gasteiger partial charge in [-0.25, -0.2) is 4.98 Å². The Morgan fingerprint density at radius 2 is 1.79 bits per heavy atom. The second kappa shape index (κ2) is 8.77. The third kappa shape index (κ3) is 4.70. The second-order valence-corrected chi connectivity index (χ2v) is 6.03. The number of hydrogen-bond acceptors (Lipinski definition) is 5. The second-order valence-electron chi connectivity index (χ2n) is 6.03. The normalized spacial score (nSPS) is 10.3. The highest BCUT2D eigenvalue weighted by Crippen LogP contribution is 2.14. The fraction of sp³-hybridized carbons (Fsp3) is 0.143. The van der Waals surface area contributed by atoms with E-state index in [1.54, 1.807) is 31.4 Å². The first-order valence-corrected chi connectivity index (χ1v) is 8.62. The molecule has 0 saturated heterocycles. The molecule has 28 heavy (non-hydrogen) atoms. The number of hydrogen-bond donors (Lipinski definition) is 1. The van der Waals surface area contributed by atoms with Gasteiger partial charge in [0.05, 0.1) is 25.5 Å². The number of ketones is 1. The average Bonchev–Trinajstić information content (AvgIpc) is 2.74. The van der Waals surface area contributed by atoms with Crippen molar-refractivity contribution in [3.63, 3.8) is 0 Å². The van der Waals surface area contributed by atoms with Crippen LogP contribution < -0.4 is 15.6 Å². The average molecular weight is 377 g/mol. The third-order valence-electron chi connectivity index (χ3n) is 4.12. The van der Waals surface area contributed by atoms with Crippen molar-refractivity contribution in [1.82, 2.24) is 14.9 Å². The van der Waals surface area contributed by atoms with E-state index >= 15 is 0 Å². The van der Waals surface area contributed by atoms with Crippen molar-refractivity contribution < 1.29 is 14.3 Å². The molecule has 1 amide bonds. The predicted molar refractivity (Wildman–Crippen MR) is 104 cm³/mol. The molecular formula is C21H19N3O4. The minimum Gasteiger partial charge on any atom is -0.497 e. The Hall–Kier alpha value is -3.74. The maximum atomic E-state index is 12.2. The molecule has 142 valence electrons. The Bertz CT molecular complexity index is 1030. The van der Waals surface area contributed by atoms with E-state index in [1.165, 1.54) is 17.0 Å². The lowest BCUT2D eigenvalue weighted by Gasteiger charge is -2.09. The Kier molecular flexibility index (Phi) is 5.96. The molecule has 3 aromatic rings. The van der Waals surface area contributed by atoms with Gasteiger partial charge in [-0.1, -0.05) is 30.3 Å². The van der Waals surface area contributed by atoms with Crippen molar-refractivity contribution in [2.24, 2.45) is 0 Å². The van der Waals surface area contributed by atoms with Gasteiger partial charge in [-0.2, -0.15) is 0 Å². The molecule has 0 bridgehead atoms. The maximum Gasteiger partial charge on any atom is 0.269 e. The van der Waals surface area contributed by atoms with Crippen LogP contribution in [-0.4, -0.2) is 34.9 Å². The molecule has 1 aromatic heterocycles. The SMILES string of the molecule is COc1ccc(C(=O)CNC(=O)Cn2cc(-c3ccccc3)ncc2=O)cc1. The molecule has 0 unspecified atom stereocenters. The summed E-state index contributed by atoms with van der Waals surface area (Å²) in [5, 5.41) is 2.54. The highest BCUT2D eigenvalue weighted by atomic mass is 16.5. The molecule has 7 heteroatoms. The van der Waals surface area contributed by atoms with Crippen molar-refractivity contribution in [1.29, 1.82) is 0 Å². The van der Waals surface area contributed by atoms with E-state index < -0.39 is 11.5 Å². The molecule has 0 radical (unpaired) electrons. The fourth-order valence-corrected chi connectivity index (χ4v) is 2.59.